The van der Waals surface area contributed by atoms with Crippen LogP contribution in [-0.2, 0) is 14.3 Å². The number of esters is 1. The number of hydrogen-bond acceptors (Lipinski definition) is 5. The van der Waals surface area contributed by atoms with E-state index in [0.717, 1.165) is 5.56 Å². The van der Waals surface area contributed by atoms with Gasteiger partial charge in [0, 0.05) is 18.7 Å². The average Bonchev–Trinajstić information content (AvgIpc) is 2.69. The second kappa shape index (κ2) is 10.5. The third-order valence-corrected chi connectivity index (χ3v) is 4.81. The van der Waals surface area contributed by atoms with Gasteiger partial charge in [0.15, 0.2) is 0 Å². The number of urea groups is 1. The Morgan fingerprint density at radius 2 is 1.86 bits per heavy atom. The maximum Gasteiger partial charge on any atom is 0.338 e. The Labute approximate surface area is 170 Å². The molecule has 0 aromatic heterocycles. The van der Waals surface area contributed by atoms with E-state index >= 15 is 0 Å². The molecule has 2 amide bonds. The summed E-state index contributed by atoms with van der Waals surface area (Å²) in [6.45, 7) is 4.10. The average molecular weight is 404 g/mol. The molecule has 8 heteroatoms. The number of methoxy groups -OCH3 is 1. The van der Waals surface area contributed by atoms with Crippen LogP contribution >= 0.6 is 0 Å². The number of carboxylic acids is 1. The van der Waals surface area contributed by atoms with Crippen molar-refractivity contribution in [3.05, 3.63) is 41.1 Å². The minimum absolute atomic E-state index is 0.106. The first-order valence-electron chi connectivity index (χ1n) is 9.70. The van der Waals surface area contributed by atoms with E-state index < -0.39 is 18.0 Å². The van der Waals surface area contributed by atoms with E-state index in [4.69, 9.17) is 14.6 Å². The molecular weight excluding hydrogens is 376 g/mol. The van der Waals surface area contributed by atoms with Gasteiger partial charge in [-0.05, 0) is 44.4 Å². The zero-order valence-corrected chi connectivity index (χ0v) is 17.1. The molecule has 158 valence electrons. The van der Waals surface area contributed by atoms with Crippen LogP contribution in [0.25, 0.3) is 0 Å². The van der Waals surface area contributed by atoms with Gasteiger partial charge in [0.2, 0.25) is 0 Å². The zero-order chi connectivity index (χ0) is 21.4. The number of aliphatic carboxylic acids is 1. The molecular formula is C21H28N2O6. The maximum atomic E-state index is 12.7. The van der Waals surface area contributed by atoms with Crippen molar-refractivity contribution in [1.29, 1.82) is 0 Å². The monoisotopic (exact) mass is 404 g/mol. The van der Waals surface area contributed by atoms with Crippen LogP contribution in [-0.4, -0.2) is 48.2 Å². The summed E-state index contributed by atoms with van der Waals surface area (Å²) in [6, 6.07) is 6.24. The van der Waals surface area contributed by atoms with Crippen LogP contribution in [0.1, 0.15) is 51.1 Å². The topological polar surface area (TPSA) is 105 Å². The number of allylic oxidation sites excluding steroid dienone is 1. The lowest BCUT2D eigenvalue weighted by atomic mass is 9.94. The van der Waals surface area contributed by atoms with E-state index in [1.165, 1.54) is 4.90 Å². The van der Waals surface area contributed by atoms with Gasteiger partial charge in [0.25, 0.3) is 0 Å². The molecule has 1 aromatic carbocycles. The molecule has 0 aliphatic carbocycles. The highest BCUT2D eigenvalue weighted by atomic mass is 16.5. The number of unbranched alkanes of at least 4 members (excludes halogenated alkanes) is 2. The Morgan fingerprint density at radius 1 is 1.17 bits per heavy atom. The lowest BCUT2D eigenvalue weighted by Gasteiger charge is -2.35. The first-order chi connectivity index (χ1) is 13.9. The minimum atomic E-state index is -0.830. The first-order valence-corrected chi connectivity index (χ1v) is 9.70. The summed E-state index contributed by atoms with van der Waals surface area (Å²) in [5.41, 5.74) is 1.69. The molecule has 8 nitrogen and oxygen atoms in total. The van der Waals surface area contributed by atoms with Crippen LogP contribution in [0.15, 0.2) is 35.5 Å². The van der Waals surface area contributed by atoms with Crippen molar-refractivity contribution in [2.24, 2.45) is 0 Å². The van der Waals surface area contributed by atoms with Gasteiger partial charge in [-0.2, -0.15) is 0 Å². The number of amides is 2. The summed E-state index contributed by atoms with van der Waals surface area (Å²) >= 11 is 0. The maximum absolute atomic E-state index is 12.7. The van der Waals surface area contributed by atoms with Gasteiger partial charge >= 0.3 is 18.0 Å². The summed E-state index contributed by atoms with van der Waals surface area (Å²) in [7, 11) is 1.57. The molecule has 1 atom stereocenters. The van der Waals surface area contributed by atoms with E-state index in [1.807, 2.05) is 0 Å². The number of carboxylic acid groups (broad SMARTS) is 1. The Morgan fingerprint density at radius 3 is 2.45 bits per heavy atom. The van der Waals surface area contributed by atoms with Gasteiger partial charge in [-0.25, -0.2) is 9.59 Å². The van der Waals surface area contributed by atoms with Gasteiger partial charge in [-0.15, -0.1) is 0 Å². The Balaban J connectivity index is 2.24. The number of ether oxygens (including phenoxy) is 2. The van der Waals surface area contributed by atoms with Gasteiger partial charge in [0.1, 0.15) is 5.75 Å². The van der Waals surface area contributed by atoms with E-state index in [-0.39, 0.29) is 19.1 Å². The van der Waals surface area contributed by atoms with Crippen LogP contribution in [0.5, 0.6) is 5.75 Å². The number of carbonyl (C=O) groups excluding carboxylic acids is 2. The lowest BCUT2D eigenvalue weighted by molar-refractivity contribution is -0.139. The normalized spacial score (nSPS) is 16.4. The zero-order valence-electron chi connectivity index (χ0n) is 17.1. The molecule has 0 saturated heterocycles. The highest BCUT2D eigenvalue weighted by Crippen LogP contribution is 2.32. The standard InChI is InChI=1S/C21H28N2O6/c1-4-29-20(26)18-14(2)23(13-7-5-6-8-17(24)25)21(27)22-19(18)15-9-11-16(28-3)12-10-15/h9-12,19H,4-8,13H2,1-3H3,(H,22,27)(H,24,25)/t19-/m1/s1. The molecule has 2 rings (SSSR count). The molecule has 1 aliphatic heterocycles. The summed E-state index contributed by atoms with van der Waals surface area (Å²) in [5, 5.41) is 11.6. The van der Waals surface area contributed by atoms with Crippen molar-refractivity contribution in [2.45, 2.75) is 45.6 Å². The van der Waals surface area contributed by atoms with Crippen LogP contribution in [0.3, 0.4) is 0 Å². The number of benzene rings is 1. The van der Waals surface area contributed by atoms with Crippen LogP contribution in [0.2, 0.25) is 0 Å². The summed E-state index contributed by atoms with van der Waals surface area (Å²) in [6.07, 6.45) is 1.97. The van der Waals surface area contributed by atoms with E-state index in [1.54, 1.807) is 45.2 Å². The van der Waals surface area contributed by atoms with Crippen molar-refractivity contribution in [3.63, 3.8) is 0 Å². The minimum Gasteiger partial charge on any atom is -0.497 e. The Hall–Kier alpha value is -3.03. The fourth-order valence-electron chi connectivity index (χ4n) is 3.29. The molecule has 29 heavy (non-hydrogen) atoms. The highest BCUT2D eigenvalue weighted by molar-refractivity contribution is 5.95. The molecule has 0 bridgehead atoms. The molecule has 1 aromatic rings. The summed E-state index contributed by atoms with van der Waals surface area (Å²) in [5.74, 6) is -0.623. The predicted octanol–water partition coefficient (Wildman–Crippen LogP) is 3.24. The Bertz CT molecular complexity index is 772. The van der Waals surface area contributed by atoms with E-state index in [0.29, 0.717) is 42.8 Å². The van der Waals surface area contributed by atoms with Gasteiger partial charge in [-0.3, -0.25) is 9.69 Å². The van der Waals surface area contributed by atoms with Crippen molar-refractivity contribution in [2.75, 3.05) is 20.3 Å². The molecule has 1 heterocycles. The van der Waals surface area contributed by atoms with Crippen molar-refractivity contribution in [3.8, 4) is 5.75 Å². The largest absolute Gasteiger partial charge is 0.497 e. The molecule has 0 unspecified atom stereocenters. The number of hydrogen-bond donors (Lipinski definition) is 2. The predicted molar refractivity (Wildman–Crippen MR) is 106 cm³/mol. The molecule has 0 saturated carbocycles. The van der Waals surface area contributed by atoms with Gasteiger partial charge in [-0.1, -0.05) is 18.6 Å². The number of nitrogens with one attached hydrogen (secondary N) is 1. The fraction of sp³-hybridized carbons (Fsp3) is 0.476. The second-order valence-corrected chi connectivity index (χ2v) is 6.73. The highest BCUT2D eigenvalue weighted by Gasteiger charge is 2.36. The summed E-state index contributed by atoms with van der Waals surface area (Å²) < 4.78 is 10.4. The quantitative estimate of drug-likeness (QED) is 0.458. The SMILES string of the molecule is CCOC(=O)C1=C(C)N(CCCCCC(=O)O)C(=O)N[C@@H]1c1ccc(OC)cc1. The molecule has 1 aliphatic rings. The van der Waals surface area contributed by atoms with Crippen molar-refractivity contribution < 1.29 is 29.0 Å². The van der Waals surface area contributed by atoms with Gasteiger partial charge in [0.05, 0.1) is 25.3 Å². The second-order valence-electron chi connectivity index (χ2n) is 6.73. The fourth-order valence-corrected chi connectivity index (χ4v) is 3.29. The smallest absolute Gasteiger partial charge is 0.338 e. The summed E-state index contributed by atoms with van der Waals surface area (Å²) in [4.78, 5) is 37.5. The number of rotatable bonds is 10. The van der Waals surface area contributed by atoms with E-state index in [9.17, 15) is 14.4 Å². The van der Waals surface area contributed by atoms with Crippen molar-refractivity contribution in [1.82, 2.24) is 10.2 Å². The van der Waals surface area contributed by atoms with E-state index in [2.05, 4.69) is 5.32 Å². The lowest BCUT2D eigenvalue weighted by Crippen LogP contribution is -2.48. The Kier molecular flexibility index (Phi) is 8.06. The molecule has 0 fully saturated rings. The van der Waals surface area contributed by atoms with Crippen LogP contribution in [0.4, 0.5) is 4.79 Å². The third kappa shape index (κ3) is 5.73. The molecule has 0 spiro atoms. The number of nitrogens with zero attached hydrogens (tertiary/aromatic N) is 1. The third-order valence-electron chi connectivity index (χ3n) is 4.81. The van der Waals surface area contributed by atoms with Gasteiger partial charge < -0.3 is 19.9 Å². The molecule has 2 N–H and O–H groups in total. The molecule has 0 radical (unpaired) electrons. The van der Waals surface area contributed by atoms with Crippen molar-refractivity contribution >= 4 is 18.0 Å². The number of carbonyl (C=O) groups is 3. The van der Waals surface area contributed by atoms with Crippen LogP contribution < -0.4 is 10.1 Å². The van der Waals surface area contributed by atoms with Crippen LogP contribution in [0, 0.1) is 0 Å². The first kappa shape index (κ1) is 22.3.